The van der Waals surface area contributed by atoms with Gasteiger partial charge in [0.25, 0.3) is 0 Å². The number of rotatable bonds is 9. The number of allylic oxidation sites excluding steroid dienone is 5. The Balaban J connectivity index is 5.06. The van der Waals surface area contributed by atoms with Crippen molar-refractivity contribution < 1.29 is 0 Å². The van der Waals surface area contributed by atoms with Crippen LogP contribution < -0.4 is 0 Å². The molecule has 0 spiro atoms. The van der Waals surface area contributed by atoms with Crippen molar-refractivity contribution in [3.8, 4) is 0 Å². The highest BCUT2D eigenvalue weighted by Crippen LogP contribution is 2.39. The van der Waals surface area contributed by atoms with Crippen LogP contribution in [0.3, 0.4) is 0 Å². The molecule has 0 unspecified atom stereocenters. The summed E-state index contributed by atoms with van der Waals surface area (Å²) in [5.41, 5.74) is 1.75. The highest BCUT2D eigenvalue weighted by Gasteiger charge is 2.26. The summed E-state index contributed by atoms with van der Waals surface area (Å²) in [5.74, 6) is 0. The van der Waals surface area contributed by atoms with Gasteiger partial charge in [-0.3, -0.25) is 0 Å². The van der Waals surface area contributed by atoms with Gasteiger partial charge in [0.2, 0.25) is 0 Å². The first-order valence-corrected chi connectivity index (χ1v) is 7.99. The van der Waals surface area contributed by atoms with Crippen molar-refractivity contribution >= 4 is 15.9 Å². The second kappa shape index (κ2) is 9.61. The molecule has 0 saturated heterocycles. The maximum Gasteiger partial charge on any atom is 0.0172 e. The third kappa shape index (κ3) is 6.04. The van der Waals surface area contributed by atoms with Gasteiger partial charge in [0.1, 0.15) is 0 Å². The van der Waals surface area contributed by atoms with Gasteiger partial charge < -0.3 is 0 Å². The molecule has 0 aliphatic carbocycles. The van der Waals surface area contributed by atoms with Crippen LogP contribution in [0.4, 0.5) is 0 Å². The molecule has 104 valence electrons. The minimum Gasteiger partial charge on any atom is -0.0979 e. The van der Waals surface area contributed by atoms with Gasteiger partial charge in [-0.2, -0.15) is 0 Å². The molecule has 0 aromatic heterocycles. The predicted octanol–water partition coefficient (Wildman–Crippen LogP) is 6.78. The zero-order valence-corrected chi connectivity index (χ0v) is 14.1. The summed E-state index contributed by atoms with van der Waals surface area (Å²) in [7, 11) is 0. The van der Waals surface area contributed by atoms with E-state index in [2.05, 4.69) is 62.4 Å². The second-order valence-corrected chi connectivity index (χ2v) is 6.16. The molecule has 0 bridgehead atoms. The zero-order valence-electron chi connectivity index (χ0n) is 12.6. The van der Waals surface area contributed by atoms with Crippen LogP contribution in [0.15, 0.2) is 34.9 Å². The standard InChI is InChI=1S/C17H29Br/c1-6-10-12-17(5,13-11-7-2)15(8-3)14-16(18)9-4/h8-9,14H,4,6-7,10-13H2,1-3,5H3/b15-8+,16-14+. The lowest BCUT2D eigenvalue weighted by molar-refractivity contribution is 0.321. The Morgan fingerprint density at radius 1 is 1.17 bits per heavy atom. The number of hydrogen-bond acceptors (Lipinski definition) is 0. The Labute approximate surface area is 122 Å². The number of hydrogen-bond donors (Lipinski definition) is 0. The molecule has 0 aliphatic rings. The molecule has 18 heavy (non-hydrogen) atoms. The Kier molecular flexibility index (Phi) is 9.45. The van der Waals surface area contributed by atoms with Gasteiger partial charge in [0, 0.05) is 4.48 Å². The lowest BCUT2D eigenvalue weighted by Crippen LogP contribution is -2.18. The van der Waals surface area contributed by atoms with Gasteiger partial charge in [-0.25, -0.2) is 0 Å². The SMILES string of the molecule is C=C/C(Br)=C\C(=C/C)C(C)(CCCC)CCCC. The largest absolute Gasteiger partial charge is 0.0979 e. The number of halogens is 1. The van der Waals surface area contributed by atoms with Crippen molar-refractivity contribution in [2.24, 2.45) is 5.41 Å². The van der Waals surface area contributed by atoms with Crippen LogP contribution in [0.2, 0.25) is 0 Å². The predicted molar refractivity (Wildman–Crippen MR) is 88.1 cm³/mol. The van der Waals surface area contributed by atoms with Gasteiger partial charge in [0.15, 0.2) is 0 Å². The molecular formula is C17H29Br. The Bertz CT molecular complexity index is 289. The molecule has 0 aromatic rings. The van der Waals surface area contributed by atoms with Crippen LogP contribution in [0.5, 0.6) is 0 Å². The minimum atomic E-state index is 0.308. The van der Waals surface area contributed by atoms with E-state index in [-0.39, 0.29) is 0 Å². The van der Waals surface area contributed by atoms with Gasteiger partial charge in [-0.15, -0.1) is 0 Å². The molecule has 0 saturated carbocycles. The highest BCUT2D eigenvalue weighted by atomic mass is 79.9. The van der Waals surface area contributed by atoms with Gasteiger partial charge >= 0.3 is 0 Å². The van der Waals surface area contributed by atoms with Gasteiger partial charge in [-0.05, 0) is 36.8 Å². The van der Waals surface area contributed by atoms with Crippen molar-refractivity contribution in [1.82, 2.24) is 0 Å². The summed E-state index contributed by atoms with van der Waals surface area (Å²) in [5, 5.41) is 0. The fourth-order valence-electron chi connectivity index (χ4n) is 2.36. The van der Waals surface area contributed by atoms with Crippen LogP contribution in [-0.2, 0) is 0 Å². The summed E-state index contributed by atoms with van der Waals surface area (Å²) in [4.78, 5) is 0. The minimum absolute atomic E-state index is 0.308. The summed E-state index contributed by atoms with van der Waals surface area (Å²) in [6.45, 7) is 12.9. The topological polar surface area (TPSA) is 0 Å². The molecule has 0 nitrogen and oxygen atoms in total. The van der Waals surface area contributed by atoms with Crippen molar-refractivity contribution in [1.29, 1.82) is 0 Å². The molecule has 0 aliphatic heterocycles. The first-order chi connectivity index (χ1) is 8.53. The fraction of sp³-hybridized carbons (Fsp3) is 0.647. The van der Waals surface area contributed by atoms with Crippen molar-refractivity contribution in [2.75, 3.05) is 0 Å². The maximum atomic E-state index is 3.81. The van der Waals surface area contributed by atoms with Crippen molar-refractivity contribution in [3.63, 3.8) is 0 Å². The molecule has 0 heterocycles. The first kappa shape index (κ1) is 17.7. The zero-order chi connectivity index (χ0) is 14.0. The van der Waals surface area contributed by atoms with E-state index in [0.29, 0.717) is 5.41 Å². The monoisotopic (exact) mass is 312 g/mol. The average Bonchev–Trinajstić information content (AvgIpc) is 2.39. The fourth-order valence-corrected chi connectivity index (χ4v) is 2.61. The van der Waals surface area contributed by atoms with E-state index >= 15 is 0 Å². The summed E-state index contributed by atoms with van der Waals surface area (Å²) in [6.07, 6.45) is 14.1. The van der Waals surface area contributed by atoms with Crippen LogP contribution in [0, 0.1) is 5.41 Å². The lowest BCUT2D eigenvalue weighted by Gasteiger charge is -2.31. The molecule has 0 rings (SSSR count). The molecule has 0 N–H and O–H groups in total. The second-order valence-electron chi connectivity index (χ2n) is 5.25. The van der Waals surface area contributed by atoms with Crippen molar-refractivity contribution in [3.05, 3.63) is 34.9 Å². The van der Waals surface area contributed by atoms with E-state index in [1.165, 1.54) is 44.1 Å². The van der Waals surface area contributed by atoms with Gasteiger partial charge in [-0.1, -0.05) is 81.1 Å². The van der Waals surface area contributed by atoms with E-state index in [1.54, 1.807) is 0 Å². The Morgan fingerprint density at radius 3 is 2.00 bits per heavy atom. The van der Waals surface area contributed by atoms with Crippen LogP contribution in [-0.4, -0.2) is 0 Å². The van der Waals surface area contributed by atoms with E-state index in [4.69, 9.17) is 0 Å². The van der Waals surface area contributed by atoms with Gasteiger partial charge in [0.05, 0.1) is 0 Å². The highest BCUT2D eigenvalue weighted by molar-refractivity contribution is 9.11. The van der Waals surface area contributed by atoms with Crippen molar-refractivity contribution in [2.45, 2.75) is 66.2 Å². The average molecular weight is 313 g/mol. The van der Waals surface area contributed by atoms with Crippen LogP contribution in [0.25, 0.3) is 0 Å². The molecule has 0 radical (unpaired) electrons. The van der Waals surface area contributed by atoms with E-state index in [0.717, 1.165) is 4.48 Å². The molecule has 1 heteroatoms. The van der Waals surface area contributed by atoms with Crippen LogP contribution >= 0.6 is 15.9 Å². The first-order valence-electron chi connectivity index (χ1n) is 7.20. The summed E-state index contributed by atoms with van der Waals surface area (Å²) >= 11 is 3.55. The molecule has 0 atom stereocenters. The third-order valence-corrected chi connectivity index (χ3v) is 4.21. The molecule has 0 amide bonds. The molecular weight excluding hydrogens is 284 g/mol. The van der Waals surface area contributed by atoms with E-state index in [1.807, 2.05) is 6.08 Å². The normalized spacial score (nSPS) is 13.8. The summed E-state index contributed by atoms with van der Waals surface area (Å²) < 4.78 is 1.08. The number of unbranched alkanes of at least 4 members (excludes halogenated alkanes) is 2. The quantitative estimate of drug-likeness (QED) is 0.411. The smallest absolute Gasteiger partial charge is 0.0172 e. The Hall–Kier alpha value is -0.300. The summed E-state index contributed by atoms with van der Waals surface area (Å²) in [6, 6.07) is 0. The molecule has 0 aromatic carbocycles. The van der Waals surface area contributed by atoms with E-state index in [9.17, 15) is 0 Å². The maximum absolute atomic E-state index is 3.81. The lowest BCUT2D eigenvalue weighted by atomic mass is 9.73. The van der Waals surface area contributed by atoms with Crippen LogP contribution in [0.1, 0.15) is 66.2 Å². The van der Waals surface area contributed by atoms with E-state index < -0.39 is 0 Å². The Morgan fingerprint density at radius 2 is 1.67 bits per heavy atom. The molecule has 0 fully saturated rings. The third-order valence-electron chi connectivity index (χ3n) is 3.66.